The first-order valence-electron chi connectivity index (χ1n) is 5.61. The highest BCUT2D eigenvalue weighted by Crippen LogP contribution is 2.25. The number of non-ortho nitro benzene ring substituents is 1. The Morgan fingerprint density at radius 2 is 2.06 bits per heavy atom. The third kappa shape index (κ3) is 3.78. The Bertz CT molecular complexity index is 407. The van der Waals surface area contributed by atoms with Crippen LogP contribution in [0.3, 0.4) is 0 Å². The van der Waals surface area contributed by atoms with Gasteiger partial charge in [0.05, 0.1) is 4.92 Å². The lowest BCUT2D eigenvalue weighted by atomic mass is 9.97. The zero-order valence-corrected chi connectivity index (χ0v) is 10.0. The number of hydrogen-bond acceptors (Lipinski definition) is 3. The monoisotopic (exact) mass is 240 g/mol. The molecule has 0 unspecified atom stereocenters. The van der Waals surface area contributed by atoms with Gasteiger partial charge < -0.3 is 5.73 Å². The average molecular weight is 240 g/mol. The van der Waals surface area contributed by atoms with Gasteiger partial charge in [0.25, 0.3) is 5.69 Å². The molecule has 0 heterocycles. The number of halogens is 1. The summed E-state index contributed by atoms with van der Waals surface area (Å²) in [7, 11) is 0. The molecule has 2 N–H and O–H groups in total. The predicted octanol–water partition coefficient (Wildman–Crippen LogP) is 3.17. The summed E-state index contributed by atoms with van der Waals surface area (Å²) in [5, 5.41) is 10.6. The van der Waals surface area contributed by atoms with Gasteiger partial charge in [-0.25, -0.2) is 4.39 Å². The quantitative estimate of drug-likeness (QED) is 0.634. The molecule has 0 saturated heterocycles. The standard InChI is InChI=1S/C12H17FN2O2/c1-8(2)3-6-12(14)10-7-9(15(16)17)4-5-11(10)13/h4-5,7-8,12H,3,6,14H2,1-2H3/t12-/m1/s1. The molecule has 1 rings (SSSR count). The third-order valence-corrected chi connectivity index (χ3v) is 2.64. The van der Waals surface area contributed by atoms with Gasteiger partial charge in [0, 0.05) is 23.7 Å². The number of nitro groups is 1. The second-order valence-corrected chi connectivity index (χ2v) is 4.54. The first kappa shape index (κ1) is 13.6. The van der Waals surface area contributed by atoms with Gasteiger partial charge >= 0.3 is 0 Å². The van der Waals surface area contributed by atoms with E-state index in [2.05, 4.69) is 13.8 Å². The highest BCUT2D eigenvalue weighted by atomic mass is 19.1. The Labute approximate surface area is 99.8 Å². The summed E-state index contributed by atoms with van der Waals surface area (Å²) >= 11 is 0. The van der Waals surface area contributed by atoms with Gasteiger partial charge in [0.15, 0.2) is 0 Å². The maximum absolute atomic E-state index is 13.5. The van der Waals surface area contributed by atoms with Crippen LogP contribution in [-0.2, 0) is 0 Å². The van der Waals surface area contributed by atoms with Gasteiger partial charge in [0.2, 0.25) is 0 Å². The second-order valence-electron chi connectivity index (χ2n) is 4.54. The van der Waals surface area contributed by atoms with E-state index in [1.807, 2.05) is 0 Å². The first-order chi connectivity index (χ1) is 7.91. The maximum Gasteiger partial charge on any atom is 0.269 e. The van der Waals surface area contributed by atoms with Crippen LogP contribution in [0.4, 0.5) is 10.1 Å². The Hall–Kier alpha value is -1.49. The molecule has 0 aliphatic carbocycles. The van der Waals surface area contributed by atoms with Crippen LogP contribution in [-0.4, -0.2) is 4.92 Å². The van der Waals surface area contributed by atoms with Gasteiger partial charge in [-0.15, -0.1) is 0 Å². The van der Waals surface area contributed by atoms with E-state index in [0.717, 1.165) is 18.6 Å². The molecule has 0 aliphatic rings. The topological polar surface area (TPSA) is 69.2 Å². The lowest BCUT2D eigenvalue weighted by molar-refractivity contribution is -0.385. The number of hydrogen-bond donors (Lipinski definition) is 1. The van der Waals surface area contributed by atoms with Gasteiger partial charge in [-0.3, -0.25) is 10.1 Å². The lowest BCUT2D eigenvalue weighted by Crippen LogP contribution is -2.13. The van der Waals surface area contributed by atoms with Crippen molar-refractivity contribution < 1.29 is 9.31 Å². The zero-order valence-electron chi connectivity index (χ0n) is 10.0. The molecule has 0 bridgehead atoms. The fraction of sp³-hybridized carbons (Fsp3) is 0.500. The molecule has 0 fully saturated rings. The lowest BCUT2D eigenvalue weighted by Gasteiger charge is -2.14. The van der Waals surface area contributed by atoms with E-state index in [1.165, 1.54) is 6.07 Å². The SMILES string of the molecule is CC(C)CC[C@@H](N)c1cc([N+](=O)[O-])ccc1F. The summed E-state index contributed by atoms with van der Waals surface area (Å²) < 4.78 is 13.5. The Morgan fingerprint density at radius 3 is 2.59 bits per heavy atom. The highest BCUT2D eigenvalue weighted by Gasteiger charge is 2.16. The van der Waals surface area contributed by atoms with Gasteiger partial charge in [-0.2, -0.15) is 0 Å². The third-order valence-electron chi connectivity index (χ3n) is 2.64. The molecular formula is C12H17FN2O2. The molecular weight excluding hydrogens is 223 g/mol. The van der Waals surface area contributed by atoms with Crippen molar-refractivity contribution in [3.63, 3.8) is 0 Å². The molecule has 4 nitrogen and oxygen atoms in total. The van der Waals surface area contributed by atoms with Crippen LogP contribution in [0.2, 0.25) is 0 Å². The summed E-state index contributed by atoms with van der Waals surface area (Å²) in [5.74, 6) is -0.00494. The predicted molar refractivity (Wildman–Crippen MR) is 64.1 cm³/mol. The van der Waals surface area contributed by atoms with Crippen LogP contribution in [0, 0.1) is 21.8 Å². The van der Waals surface area contributed by atoms with Crippen LogP contribution in [0.15, 0.2) is 18.2 Å². The van der Waals surface area contributed by atoms with Crippen molar-refractivity contribution in [2.24, 2.45) is 11.7 Å². The smallest absolute Gasteiger partial charge is 0.269 e. The summed E-state index contributed by atoms with van der Waals surface area (Å²) in [4.78, 5) is 10.1. The van der Waals surface area contributed by atoms with E-state index in [-0.39, 0.29) is 11.3 Å². The van der Waals surface area contributed by atoms with Crippen molar-refractivity contribution in [1.82, 2.24) is 0 Å². The number of benzene rings is 1. The molecule has 1 aromatic carbocycles. The first-order valence-corrected chi connectivity index (χ1v) is 5.61. The van der Waals surface area contributed by atoms with Crippen LogP contribution >= 0.6 is 0 Å². The summed E-state index contributed by atoms with van der Waals surface area (Å²) in [5.41, 5.74) is 5.95. The highest BCUT2D eigenvalue weighted by molar-refractivity contribution is 5.36. The molecule has 0 aromatic heterocycles. The van der Waals surface area contributed by atoms with Crippen LogP contribution in [0.1, 0.15) is 38.3 Å². The number of nitro benzene ring substituents is 1. The summed E-state index contributed by atoms with van der Waals surface area (Å²) in [6.45, 7) is 4.10. The van der Waals surface area contributed by atoms with E-state index < -0.39 is 16.8 Å². The minimum atomic E-state index is -0.544. The average Bonchev–Trinajstić information content (AvgIpc) is 2.26. The van der Waals surface area contributed by atoms with Gasteiger partial charge in [-0.05, 0) is 24.8 Å². The molecule has 0 spiro atoms. The summed E-state index contributed by atoms with van der Waals surface area (Å²) in [6.07, 6.45) is 1.49. The van der Waals surface area contributed by atoms with Crippen molar-refractivity contribution in [1.29, 1.82) is 0 Å². The molecule has 1 aromatic rings. The van der Waals surface area contributed by atoms with E-state index >= 15 is 0 Å². The fourth-order valence-corrected chi connectivity index (χ4v) is 1.60. The van der Waals surface area contributed by atoms with Gasteiger partial charge in [-0.1, -0.05) is 13.8 Å². The van der Waals surface area contributed by atoms with Crippen LogP contribution < -0.4 is 5.73 Å². The number of nitrogens with two attached hydrogens (primary N) is 1. The van der Waals surface area contributed by atoms with Crippen LogP contribution in [0.25, 0.3) is 0 Å². The Kier molecular flexibility index (Phi) is 4.57. The van der Waals surface area contributed by atoms with E-state index in [9.17, 15) is 14.5 Å². The van der Waals surface area contributed by atoms with E-state index in [4.69, 9.17) is 5.73 Å². The van der Waals surface area contributed by atoms with E-state index in [1.54, 1.807) is 0 Å². The molecule has 0 saturated carbocycles. The molecule has 0 amide bonds. The fourth-order valence-electron chi connectivity index (χ4n) is 1.60. The number of nitrogens with zero attached hydrogens (tertiary/aromatic N) is 1. The molecule has 0 radical (unpaired) electrons. The number of rotatable bonds is 5. The van der Waals surface area contributed by atoms with Crippen molar-refractivity contribution in [2.45, 2.75) is 32.7 Å². The second kappa shape index (κ2) is 5.72. The molecule has 1 atom stereocenters. The largest absolute Gasteiger partial charge is 0.324 e. The Morgan fingerprint density at radius 1 is 1.41 bits per heavy atom. The van der Waals surface area contributed by atoms with Crippen molar-refractivity contribution in [2.75, 3.05) is 0 Å². The van der Waals surface area contributed by atoms with Crippen LogP contribution in [0.5, 0.6) is 0 Å². The van der Waals surface area contributed by atoms with Crippen molar-refractivity contribution in [3.05, 3.63) is 39.7 Å². The molecule has 94 valence electrons. The Balaban J connectivity index is 2.87. The van der Waals surface area contributed by atoms with Crippen molar-refractivity contribution >= 4 is 5.69 Å². The zero-order chi connectivity index (χ0) is 13.0. The maximum atomic E-state index is 13.5. The summed E-state index contributed by atoms with van der Waals surface area (Å²) in [6, 6.07) is 2.98. The molecule has 0 aliphatic heterocycles. The van der Waals surface area contributed by atoms with Crippen molar-refractivity contribution in [3.8, 4) is 0 Å². The minimum Gasteiger partial charge on any atom is -0.324 e. The molecule has 17 heavy (non-hydrogen) atoms. The normalized spacial score (nSPS) is 12.8. The van der Waals surface area contributed by atoms with E-state index in [0.29, 0.717) is 12.3 Å². The minimum absolute atomic E-state index is 0.124. The molecule has 5 heteroatoms. The van der Waals surface area contributed by atoms with Gasteiger partial charge in [0.1, 0.15) is 5.82 Å².